The second-order valence-electron chi connectivity index (χ2n) is 5.68. The van der Waals surface area contributed by atoms with Crippen molar-refractivity contribution >= 4 is 33.7 Å². The highest BCUT2D eigenvalue weighted by Gasteiger charge is 2.34. The molecule has 3 amide bonds. The Morgan fingerprint density at radius 3 is 2.72 bits per heavy atom. The first-order valence-corrected chi connectivity index (χ1v) is 8.49. The van der Waals surface area contributed by atoms with Crippen LogP contribution in [0.25, 0.3) is 0 Å². The lowest BCUT2D eigenvalue weighted by atomic mass is 10.1. The van der Waals surface area contributed by atoms with E-state index in [1.807, 2.05) is 0 Å². The van der Waals surface area contributed by atoms with Crippen molar-refractivity contribution in [3.63, 3.8) is 0 Å². The molecule has 2 aromatic rings. The van der Waals surface area contributed by atoms with Gasteiger partial charge in [-0.15, -0.1) is 0 Å². The van der Waals surface area contributed by atoms with E-state index in [9.17, 15) is 14.4 Å². The summed E-state index contributed by atoms with van der Waals surface area (Å²) in [5, 5.41) is 0. The molecule has 0 radical (unpaired) electrons. The standard InChI is InChI=1S/C17H16BrN3O4/c18-14-6-2-1-5-13(14)17(24)20-19-16(23)11-8-15(22)21(9-11)10-12-4-3-7-25-12/h1-7,11H,8-10H2,(H,19,23)(H,20,24). The molecule has 8 heteroatoms. The van der Waals surface area contributed by atoms with Gasteiger partial charge >= 0.3 is 0 Å². The van der Waals surface area contributed by atoms with E-state index in [1.54, 1.807) is 41.3 Å². The van der Waals surface area contributed by atoms with Gasteiger partial charge in [-0.1, -0.05) is 12.1 Å². The number of amides is 3. The zero-order chi connectivity index (χ0) is 17.8. The number of rotatable bonds is 4. The summed E-state index contributed by atoms with van der Waals surface area (Å²) in [4.78, 5) is 37.9. The first-order chi connectivity index (χ1) is 12.0. The zero-order valence-electron chi connectivity index (χ0n) is 13.2. The number of hydrazine groups is 1. The van der Waals surface area contributed by atoms with Crippen LogP contribution in [0.1, 0.15) is 22.5 Å². The Morgan fingerprint density at radius 1 is 1.20 bits per heavy atom. The van der Waals surface area contributed by atoms with Crippen LogP contribution in [0.2, 0.25) is 0 Å². The molecule has 1 aliphatic rings. The van der Waals surface area contributed by atoms with Crippen molar-refractivity contribution in [1.29, 1.82) is 0 Å². The minimum absolute atomic E-state index is 0.109. The van der Waals surface area contributed by atoms with Crippen LogP contribution >= 0.6 is 15.9 Å². The number of nitrogens with zero attached hydrogens (tertiary/aromatic N) is 1. The minimum Gasteiger partial charge on any atom is -0.467 e. The number of carbonyl (C=O) groups excluding carboxylic acids is 3. The molecule has 7 nitrogen and oxygen atoms in total. The SMILES string of the molecule is O=C(NNC(=O)C1CC(=O)N(Cc2ccco2)C1)c1ccccc1Br. The van der Waals surface area contributed by atoms with Gasteiger partial charge in [-0.3, -0.25) is 25.2 Å². The van der Waals surface area contributed by atoms with Gasteiger partial charge in [0.1, 0.15) is 5.76 Å². The average molecular weight is 406 g/mol. The van der Waals surface area contributed by atoms with Gasteiger partial charge in [0, 0.05) is 17.4 Å². The average Bonchev–Trinajstić information content (AvgIpc) is 3.23. The van der Waals surface area contributed by atoms with E-state index in [0.717, 1.165) is 0 Å². The maximum atomic E-state index is 12.2. The summed E-state index contributed by atoms with van der Waals surface area (Å²) in [5.74, 6) is -0.791. The predicted molar refractivity (Wildman–Crippen MR) is 92.0 cm³/mol. The molecule has 1 unspecified atom stereocenters. The Kier molecular flexibility index (Phi) is 5.18. The zero-order valence-corrected chi connectivity index (χ0v) is 14.8. The van der Waals surface area contributed by atoms with Gasteiger partial charge in [0.2, 0.25) is 11.8 Å². The van der Waals surface area contributed by atoms with E-state index in [4.69, 9.17) is 4.42 Å². The first-order valence-electron chi connectivity index (χ1n) is 7.69. The smallest absolute Gasteiger partial charge is 0.270 e. The molecule has 1 aromatic heterocycles. The summed E-state index contributed by atoms with van der Waals surface area (Å²) in [6.07, 6.45) is 1.65. The van der Waals surface area contributed by atoms with Gasteiger partial charge in [0.25, 0.3) is 5.91 Å². The summed E-state index contributed by atoms with van der Waals surface area (Å²) >= 11 is 3.28. The lowest BCUT2D eigenvalue weighted by Crippen LogP contribution is -2.45. The summed E-state index contributed by atoms with van der Waals surface area (Å²) in [6.45, 7) is 0.620. The minimum atomic E-state index is -0.512. The number of carbonyl (C=O) groups is 3. The molecule has 3 rings (SSSR count). The number of benzene rings is 1. The van der Waals surface area contributed by atoms with Crippen molar-refractivity contribution in [1.82, 2.24) is 15.8 Å². The maximum absolute atomic E-state index is 12.2. The molecule has 0 aliphatic carbocycles. The molecule has 0 saturated carbocycles. The Hall–Kier alpha value is -2.61. The second kappa shape index (κ2) is 7.52. The fraction of sp³-hybridized carbons (Fsp3) is 0.235. The highest BCUT2D eigenvalue weighted by molar-refractivity contribution is 9.10. The summed E-state index contributed by atoms with van der Waals surface area (Å²) in [6, 6.07) is 10.4. The molecule has 1 aliphatic heterocycles. The van der Waals surface area contributed by atoms with E-state index in [-0.39, 0.29) is 18.9 Å². The van der Waals surface area contributed by atoms with Crippen molar-refractivity contribution in [2.75, 3.05) is 6.54 Å². The fourth-order valence-electron chi connectivity index (χ4n) is 2.62. The molecule has 25 heavy (non-hydrogen) atoms. The highest BCUT2D eigenvalue weighted by atomic mass is 79.9. The molecule has 0 bridgehead atoms. The van der Waals surface area contributed by atoms with Gasteiger partial charge in [-0.25, -0.2) is 0 Å². The molecule has 130 valence electrons. The largest absolute Gasteiger partial charge is 0.467 e. The van der Waals surface area contributed by atoms with Crippen molar-refractivity contribution in [3.8, 4) is 0 Å². The van der Waals surface area contributed by atoms with Crippen molar-refractivity contribution < 1.29 is 18.8 Å². The van der Waals surface area contributed by atoms with Crippen molar-refractivity contribution in [2.24, 2.45) is 5.92 Å². The summed E-state index contributed by atoms with van der Waals surface area (Å²) in [5.41, 5.74) is 5.17. The molecule has 2 N–H and O–H groups in total. The first kappa shape index (κ1) is 17.2. The number of likely N-dealkylation sites (tertiary alicyclic amines) is 1. The molecule has 0 spiro atoms. The summed E-state index contributed by atoms with van der Waals surface area (Å²) in [7, 11) is 0. The normalized spacial score (nSPS) is 16.8. The molecule has 2 heterocycles. The van der Waals surface area contributed by atoms with Crippen LogP contribution in [0, 0.1) is 5.92 Å². The molecule has 1 fully saturated rings. The lowest BCUT2D eigenvalue weighted by molar-refractivity contribution is -0.129. The molecular weight excluding hydrogens is 390 g/mol. The Balaban J connectivity index is 1.53. The van der Waals surface area contributed by atoms with Crippen LogP contribution in [0.3, 0.4) is 0 Å². The van der Waals surface area contributed by atoms with Crippen LogP contribution in [0.15, 0.2) is 51.6 Å². The molecule has 1 aromatic carbocycles. The third kappa shape index (κ3) is 4.08. The third-order valence-electron chi connectivity index (χ3n) is 3.93. The van der Waals surface area contributed by atoms with E-state index in [1.165, 1.54) is 6.26 Å². The highest BCUT2D eigenvalue weighted by Crippen LogP contribution is 2.20. The number of hydrogen-bond donors (Lipinski definition) is 2. The van der Waals surface area contributed by atoms with Crippen LogP contribution in [-0.2, 0) is 16.1 Å². The summed E-state index contributed by atoms with van der Waals surface area (Å²) < 4.78 is 5.85. The van der Waals surface area contributed by atoms with Crippen molar-refractivity contribution in [2.45, 2.75) is 13.0 Å². The number of nitrogens with one attached hydrogen (secondary N) is 2. The Morgan fingerprint density at radius 2 is 2.00 bits per heavy atom. The van der Waals surface area contributed by atoms with E-state index >= 15 is 0 Å². The van der Waals surface area contributed by atoms with E-state index < -0.39 is 17.7 Å². The third-order valence-corrected chi connectivity index (χ3v) is 4.62. The van der Waals surface area contributed by atoms with Gasteiger partial charge in [0.15, 0.2) is 0 Å². The Bertz CT molecular complexity index is 791. The van der Waals surface area contributed by atoms with Crippen LogP contribution in [0.4, 0.5) is 0 Å². The molecular formula is C17H16BrN3O4. The topological polar surface area (TPSA) is 91.7 Å². The van der Waals surface area contributed by atoms with Gasteiger partial charge in [-0.05, 0) is 40.2 Å². The lowest BCUT2D eigenvalue weighted by Gasteiger charge is -2.15. The van der Waals surface area contributed by atoms with E-state index in [2.05, 4.69) is 26.8 Å². The number of furan rings is 1. The predicted octanol–water partition coefficient (Wildman–Crippen LogP) is 1.85. The molecule has 1 atom stereocenters. The maximum Gasteiger partial charge on any atom is 0.270 e. The Labute approximate surface area is 152 Å². The quantitative estimate of drug-likeness (QED) is 0.759. The van der Waals surface area contributed by atoms with Crippen LogP contribution < -0.4 is 10.9 Å². The fourth-order valence-corrected chi connectivity index (χ4v) is 3.09. The van der Waals surface area contributed by atoms with Gasteiger partial charge in [0.05, 0.1) is 24.3 Å². The van der Waals surface area contributed by atoms with Crippen LogP contribution in [0.5, 0.6) is 0 Å². The second-order valence-corrected chi connectivity index (χ2v) is 6.53. The van der Waals surface area contributed by atoms with Gasteiger partial charge < -0.3 is 9.32 Å². The monoisotopic (exact) mass is 405 g/mol. The number of halogens is 1. The number of hydrogen-bond acceptors (Lipinski definition) is 4. The molecule has 1 saturated heterocycles. The van der Waals surface area contributed by atoms with Crippen molar-refractivity contribution in [3.05, 3.63) is 58.5 Å². The van der Waals surface area contributed by atoms with E-state index in [0.29, 0.717) is 22.3 Å². The van der Waals surface area contributed by atoms with Crippen LogP contribution in [-0.4, -0.2) is 29.2 Å². The van der Waals surface area contributed by atoms with Gasteiger partial charge in [-0.2, -0.15) is 0 Å².